The number of nitrogens with one attached hydrogen (secondary N) is 1. The first-order chi connectivity index (χ1) is 14.8. The van der Waals surface area contributed by atoms with Crippen LogP contribution in [0.3, 0.4) is 0 Å². The van der Waals surface area contributed by atoms with Crippen molar-refractivity contribution in [3.05, 3.63) is 66.7 Å². The number of hydrogen-bond donors (Lipinski definition) is 1. The van der Waals surface area contributed by atoms with Gasteiger partial charge in [0, 0.05) is 54.6 Å². The summed E-state index contributed by atoms with van der Waals surface area (Å²) in [5.41, 5.74) is 2.86. The fraction of sp³-hybridized carbons (Fsp3) is 0.333. The number of benzene rings is 1. The van der Waals surface area contributed by atoms with E-state index in [-0.39, 0.29) is 11.8 Å². The molecule has 3 heterocycles. The second-order valence-electron chi connectivity index (χ2n) is 8.12. The van der Waals surface area contributed by atoms with E-state index in [0.29, 0.717) is 12.5 Å². The lowest BCUT2D eigenvalue weighted by atomic mass is 9.96. The molecule has 6 heteroatoms. The zero-order chi connectivity index (χ0) is 20.3. The normalized spacial score (nSPS) is 18.8. The lowest BCUT2D eigenvalue weighted by Gasteiger charge is -2.32. The van der Waals surface area contributed by atoms with E-state index in [4.69, 9.17) is 9.97 Å². The van der Waals surface area contributed by atoms with Crippen molar-refractivity contribution in [3.63, 3.8) is 0 Å². The van der Waals surface area contributed by atoms with Gasteiger partial charge in [-0.2, -0.15) is 0 Å². The summed E-state index contributed by atoms with van der Waals surface area (Å²) in [5.74, 6) is 2.29. The van der Waals surface area contributed by atoms with Crippen LogP contribution < -0.4 is 5.32 Å². The van der Waals surface area contributed by atoms with Crippen molar-refractivity contribution >= 4 is 17.4 Å². The highest BCUT2D eigenvalue weighted by Gasteiger charge is 2.36. The Bertz CT molecular complexity index is 1020. The fourth-order valence-electron chi connectivity index (χ4n) is 4.03. The molecule has 1 unspecified atom stereocenters. The lowest BCUT2D eigenvalue weighted by Crippen LogP contribution is -2.40. The van der Waals surface area contributed by atoms with Crippen molar-refractivity contribution in [3.8, 4) is 11.3 Å². The van der Waals surface area contributed by atoms with Crippen LogP contribution in [-0.2, 0) is 4.79 Å². The van der Waals surface area contributed by atoms with Gasteiger partial charge in [0.15, 0.2) is 0 Å². The quantitative estimate of drug-likeness (QED) is 0.689. The van der Waals surface area contributed by atoms with Crippen LogP contribution in [0.25, 0.3) is 11.3 Å². The van der Waals surface area contributed by atoms with Crippen molar-refractivity contribution in [2.24, 2.45) is 5.92 Å². The summed E-state index contributed by atoms with van der Waals surface area (Å²) in [6.45, 7) is 1.56. The molecule has 152 valence electrons. The average Bonchev–Trinajstić information content (AvgIpc) is 3.65. The molecule has 2 fully saturated rings. The minimum absolute atomic E-state index is 0.152. The molecule has 0 radical (unpaired) electrons. The molecule has 2 aliphatic rings. The number of likely N-dealkylation sites (tertiary alicyclic amines) is 1. The summed E-state index contributed by atoms with van der Waals surface area (Å²) in [4.78, 5) is 28.5. The van der Waals surface area contributed by atoms with E-state index in [1.807, 2.05) is 53.4 Å². The van der Waals surface area contributed by atoms with E-state index in [0.717, 1.165) is 60.8 Å². The highest BCUT2D eigenvalue weighted by Crippen LogP contribution is 2.34. The molecule has 1 amide bonds. The summed E-state index contributed by atoms with van der Waals surface area (Å²) in [5, 5.41) is 3.41. The number of hydrogen-bond acceptors (Lipinski definition) is 5. The van der Waals surface area contributed by atoms with Crippen LogP contribution in [0.15, 0.2) is 60.9 Å². The van der Waals surface area contributed by atoms with E-state index in [9.17, 15) is 4.79 Å². The molecule has 0 spiro atoms. The predicted molar refractivity (Wildman–Crippen MR) is 116 cm³/mol. The lowest BCUT2D eigenvalue weighted by molar-refractivity contribution is -0.133. The summed E-state index contributed by atoms with van der Waals surface area (Å²) < 4.78 is 0. The van der Waals surface area contributed by atoms with Gasteiger partial charge in [-0.15, -0.1) is 0 Å². The van der Waals surface area contributed by atoms with Crippen LogP contribution in [0.2, 0.25) is 0 Å². The number of nitrogens with zero attached hydrogens (tertiary/aromatic N) is 4. The van der Waals surface area contributed by atoms with E-state index in [1.165, 1.54) is 0 Å². The van der Waals surface area contributed by atoms with Crippen molar-refractivity contribution in [2.45, 2.75) is 31.6 Å². The zero-order valence-corrected chi connectivity index (χ0v) is 16.9. The number of aromatic nitrogens is 3. The van der Waals surface area contributed by atoms with Crippen LogP contribution in [0.4, 0.5) is 11.5 Å². The van der Waals surface area contributed by atoms with E-state index >= 15 is 0 Å². The summed E-state index contributed by atoms with van der Waals surface area (Å²) in [6.07, 6.45) is 7.63. The first-order valence-corrected chi connectivity index (χ1v) is 10.7. The molecule has 5 rings (SSSR count). The monoisotopic (exact) mass is 399 g/mol. The standard InChI is InChI=1S/C24H25N5O/c30-24(18-8-9-18)29-14-4-5-19(16-29)23-27-21(17-10-12-25-13-11-17)15-22(28-23)26-20-6-2-1-3-7-20/h1-3,6-7,10-13,15,18-19H,4-5,8-9,14,16H2,(H,26,27,28). The van der Waals surface area contributed by atoms with Gasteiger partial charge in [0.2, 0.25) is 5.91 Å². The molecule has 1 saturated carbocycles. The molecule has 6 nitrogen and oxygen atoms in total. The van der Waals surface area contributed by atoms with Crippen molar-refractivity contribution < 1.29 is 4.79 Å². The molecule has 1 aliphatic heterocycles. The number of para-hydroxylation sites is 1. The topological polar surface area (TPSA) is 71.0 Å². The number of pyridine rings is 1. The maximum absolute atomic E-state index is 12.6. The third kappa shape index (κ3) is 4.17. The molecule has 1 aliphatic carbocycles. The third-order valence-electron chi connectivity index (χ3n) is 5.79. The van der Waals surface area contributed by atoms with Gasteiger partial charge in [-0.1, -0.05) is 18.2 Å². The van der Waals surface area contributed by atoms with Crippen LogP contribution >= 0.6 is 0 Å². The van der Waals surface area contributed by atoms with Gasteiger partial charge in [-0.25, -0.2) is 9.97 Å². The minimum atomic E-state index is 0.152. The SMILES string of the molecule is O=C(C1CC1)N1CCCC(c2nc(Nc3ccccc3)cc(-c3ccncc3)n2)C1. The Hall–Kier alpha value is -3.28. The number of anilines is 2. The van der Waals surface area contributed by atoms with Gasteiger partial charge in [0.25, 0.3) is 0 Å². The highest BCUT2D eigenvalue weighted by atomic mass is 16.2. The second-order valence-corrected chi connectivity index (χ2v) is 8.12. The van der Waals surface area contributed by atoms with Gasteiger partial charge >= 0.3 is 0 Å². The maximum Gasteiger partial charge on any atom is 0.225 e. The smallest absolute Gasteiger partial charge is 0.225 e. The largest absolute Gasteiger partial charge is 0.342 e. The Kier molecular flexibility index (Phi) is 5.13. The molecule has 1 atom stereocenters. The molecule has 1 N–H and O–H groups in total. The maximum atomic E-state index is 12.6. The molecular formula is C24H25N5O. The zero-order valence-electron chi connectivity index (χ0n) is 16.9. The first kappa shape index (κ1) is 18.7. The number of carbonyl (C=O) groups is 1. The van der Waals surface area contributed by atoms with E-state index in [2.05, 4.69) is 10.3 Å². The van der Waals surface area contributed by atoms with Crippen LogP contribution in [-0.4, -0.2) is 38.8 Å². The molecule has 0 bridgehead atoms. The molecule has 2 aromatic heterocycles. The van der Waals surface area contributed by atoms with E-state index < -0.39 is 0 Å². The van der Waals surface area contributed by atoms with Crippen molar-refractivity contribution in [1.82, 2.24) is 19.9 Å². The number of amides is 1. The van der Waals surface area contributed by atoms with Crippen LogP contribution in [0, 0.1) is 5.92 Å². The number of rotatable bonds is 5. The minimum Gasteiger partial charge on any atom is -0.342 e. The third-order valence-corrected chi connectivity index (χ3v) is 5.79. The number of carbonyl (C=O) groups excluding carboxylic acids is 1. The molecule has 30 heavy (non-hydrogen) atoms. The Morgan fingerprint density at radius 2 is 1.80 bits per heavy atom. The van der Waals surface area contributed by atoms with Gasteiger partial charge in [0.1, 0.15) is 11.6 Å². The van der Waals surface area contributed by atoms with Gasteiger partial charge in [-0.3, -0.25) is 9.78 Å². The summed E-state index contributed by atoms with van der Waals surface area (Å²) in [7, 11) is 0. The second kappa shape index (κ2) is 8.22. The Morgan fingerprint density at radius 1 is 1.00 bits per heavy atom. The Morgan fingerprint density at radius 3 is 2.57 bits per heavy atom. The average molecular weight is 399 g/mol. The predicted octanol–water partition coefficient (Wildman–Crippen LogP) is 4.40. The van der Waals surface area contributed by atoms with E-state index in [1.54, 1.807) is 12.4 Å². The molecular weight excluding hydrogens is 374 g/mol. The Labute approximate surface area is 176 Å². The number of piperidine rings is 1. The van der Waals surface area contributed by atoms with Gasteiger partial charge < -0.3 is 10.2 Å². The highest BCUT2D eigenvalue weighted by molar-refractivity contribution is 5.81. The summed E-state index contributed by atoms with van der Waals surface area (Å²) >= 11 is 0. The molecule has 3 aromatic rings. The van der Waals surface area contributed by atoms with Crippen molar-refractivity contribution in [1.29, 1.82) is 0 Å². The molecule has 1 aromatic carbocycles. The van der Waals surface area contributed by atoms with Crippen LogP contribution in [0.1, 0.15) is 37.4 Å². The molecule has 1 saturated heterocycles. The van der Waals surface area contributed by atoms with Gasteiger partial charge in [-0.05, 0) is 49.9 Å². The fourth-order valence-corrected chi connectivity index (χ4v) is 4.03. The summed E-state index contributed by atoms with van der Waals surface area (Å²) in [6, 6.07) is 15.9. The Balaban J connectivity index is 1.47. The van der Waals surface area contributed by atoms with Crippen LogP contribution in [0.5, 0.6) is 0 Å². The van der Waals surface area contributed by atoms with Gasteiger partial charge in [0.05, 0.1) is 5.69 Å². The first-order valence-electron chi connectivity index (χ1n) is 10.7. The van der Waals surface area contributed by atoms with Crippen molar-refractivity contribution in [2.75, 3.05) is 18.4 Å².